The minimum Gasteiger partial charge on any atom is -0.381 e. The fourth-order valence-corrected chi connectivity index (χ4v) is 5.68. The van der Waals surface area contributed by atoms with Gasteiger partial charge in [0, 0.05) is 23.0 Å². The number of halogens is 2. The van der Waals surface area contributed by atoms with Crippen LogP contribution in [0.1, 0.15) is 34.8 Å². The van der Waals surface area contributed by atoms with Crippen molar-refractivity contribution in [2.45, 2.75) is 25.4 Å². The molecule has 2 fully saturated rings. The molecule has 0 N–H and O–H groups in total. The normalized spacial score (nSPS) is 21.3. The van der Waals surface area contributed by atoms with Crippen LogP contribution in [0.3, 0.4) is 0 Å². The van der Waals surface area contributed by atoms with Crippen LogP contribution in [-0.4, -0.2) is 39.6 Å². The van der Waals surface area contributed by atoms with Gasteiger partial charge in [-0.05, 0) is 58.4 Å². The van der Waals surface area contributed by atoms with Crippen molar-refractivity contribution in [1.82, 2.24) is 0 Å². The Labute approximate surface area is 275 Å². The quantitative estimate of drug-likeness (QED) is 0.115. The van der Waals surface area contributed by atoms with Crippen molar-refractivity contribution in [3.8, 4) is 22.3 Å². The third-order valence-electron chi connectivity index (χ3n) is 8.68. The highest BCUT2D eigenvalue weighted by Gasteiger charge is 2.23. The summed E-state index contributed by atoms with van der Waals surface area (Å²) in [7, 11) is 0. The molecule has 7 heteroatoms. The summed E-state index contributed by atoms with van der Waals surface area (Å²) in [5.41, 5.74) is 6.41. The van der Waals surface area contributed by atoms with Gasteiger partial charge in [0.25, 0.3) is 0 Å². The van der Waals surface area contributed by atoms with Crippen LogP contribution in [0.15, 0.2) is 110 Å². The van der Waals surface area contributed by atoms with Gasteiger partial charge in [-0.3, -0.25) is 0 Å². The van der Waals surface area contributed by atoms with Crippen LogP contribution in [0.5, 0.6) is 0 Å². The lowest BCUT2D eigenvalue weighted by molar-refractivity contribution is -0.197. The molecular formula is C40H40F2O5. The van der Waals surface area contributed by atoms with Crippen molar-refractivity contribution in [2.24, 2.45) is 11.8 Å². The Morgan fingerprint density at radius 1 is 0.553 bits per heavy atom. The molecule has 0 atom stereocenters. The van der Waals surface area contributed by atoms with E-state index in [9.17, 15) is 8.78 Å². The molecular weight excluding hydrogens is 598 g/mol. The van der Waals surface area contributed by atoms with Crippen LogP contribution < -0.4 is 0 Å². The fourth-order valence-electron chi connectivity index (χ4n) is 5.68. The highest BCUT2D eigenvalue weighted by molar-refractivity contribution is 5.65. The zero-order valence-corrected chi connectivity index (χ0v) is 26.4. The lowest BCUT2D eigenvalue weighted by Crippen LogP contribution is -2.25. The van der Waals surface area contributed by atoms with Crippen molar-refractivity contribution < 1.29 is 32.5 Å². The van der Waals surface area contributed by atoms with Gasteiger partial charge >= 0.3 is 0 Å². The third-order valence-corrected chi connectivity index (χ3v) is 8.68. The van der Waals surface area contributed by atoms with Crippen LogP contribution in [-0.2, 0) is 36.5 Å². The van der Waals surface area contributed by atoms with Gasteiger partial charge in [-0.1, -0.05) is 84.9 Å². The van der Waals surface area contributed by atoms with Crippen LogP contribution in [0.25, 0.3) is 22.3 Å². The first-order valence-corrected chi connectivity index (χ1v) is 16.1. The predicted molar refractivity (Wildman–Crippen MR) is 179 cm³/mol. The average molecular weight is 639 g/mol. The predicted octanol–water partition coefficient (Wildman–Crippen LogP) is 8.80. The molecule has 0 aromatic heterocycles. The minimum atomic E-state index is -0.400. The van der Waals surface area contributed by atoms with Crippen LogP contribution >= 0.6 is 0 Å². The van der Waals surface area contributed by atoms with Gasteiger partial charge in [-0.25, -0.2) is 8.78 Å². The van der Waals surface area contributed by atoms with Gasteiger partial charge in [0.2, 0.25) is 0 Å². The first kappa shape index (κ1) is 32.9. The monoisotopic (exact) mass is 638 g/mol. The number of ether oxygens (including phenoxy) is 5. The minimum absolute atomic E-state index is 0.207. The van der Waals surface area contributed by atoms with Crippen molar-refractivity contribution >= 4 is 0 Å². The lowest BCUT2D eigenvalue weighted by Gasteiger charge is -2.28. The van der Waals surface area contributed by atoms with Gasteiger partial charge < -0.3 is 23.7 Å². The number of hydrogen-bond donors (Lipinski definition) is 0. The summed E-state index contributed by atoms with van der Waals surface area (Å²) >= 11 is 0. The molecule has 0 unspecified atom stereocenters. The van der Waals surface area contributed by atoms with E-state index in [0.29, 0.717) is 63.6 Å². The molecule has 0 radical (unpaired) electrons. The number of hydrogen-bond acceptors (Lipinski definition) is 5. The molecule has 2 saturated heterocycles. The molecule has 0 aliphatic carbocycles. The van der Waals surface area contributed by atoms with E-state index in [4.69, 9.17) is 23.7 Å². The number of rotatable bonds is 12. The molecule has 0 bridgehead atoms. The standard InChI is InChI=1S/C40H40F2O5/c1-3-27-23-44-39(45-24-27)33-11-5-29(6-12-33)35-15-9-31(37(41)21-35)17-19-43-20-18-32-10-16-36(22-38(32)42)30-7-13-34(14-8-30)40-46-25-28(4-2)26-47-40/h3-16,21-22,27-28,39-40H,1-2,17-20,23-26H2. The van der Waals surface area contributed by atoms with E-state index >= 15 is 0 Å². The van der Waals surface area contributed by atoms with E-state index in [0.717, 1.165) is 33.4 Å². The summed E-state index contributed by atoms with van der Waals surface area (Å²) in [5.74, 6) is -0.142. The molecule has 5 nitrogen and oxygen atoms in total. The Morgan fingerprint density at radius 2 is 0.915 bits per heavy atom. The molecule has 0 saturated carbocycles. The summed E-state index contributed by atoms with van der Waals surface area (Å²) in [4.78, 5) is 0. The maximum absolute atomic E-state index is 15.0. The molecule has 4 aromatic carbocycles. The van der Waals surface area contributed by atoms with Gasteiger partial charge in [-0.15, -0.1) is 13.2 Å². The number of benzene rings is 4. The Morgan fingerprint density at radius 3 is 1.26 bits per heavy atom. The second kappa shape index (κ2) is 15.7. The smallest absolute Gasteiger partial charge is 0.183 e. The summed E-state index contributed by atoms with van der Waals surface area (Å²) in [6.07, 6.45) is 3.74. The van der Waals surface area contributed by atoms with Crippen LogP contribution in [0.2, 0.25) is 0 Å². The molecule has 6 rings (SSSR count). The van der Waals surface area contributed by atoms with Gasteiger partial charge in [-0.2, -0.15) is 0 Å². The average Bonchev–Trinajstić information content (AvgIpc) is 3.13. The Hall–Kier alpha value is -3.98. The first-order valence-electron chi connectivity index (χ1n) is 16.1. The topological polar surface area (TPSA) is 46.2 Å². The second-order valence-corrected chi connectivity index (χ2v) is 12.0. The third kappa shape index (κ3) is 8.30. The lowest BCUT2D eigenvalue weighted by atomic mass is 10.0. The Bertz CT molecular complexity index is 1510. The highest BCUT2D eigenvalue weighted by atomic mass is 19.1. The SMILES string of the molecule is C=CC1COC(c2ccc(-c3ccc(CCOCCc4ccc(-c5ccc(C6OCC(C=C)CO6)cc5)cc4F)c(F)c3)cc2)OC1. The van der Waals surface area contributed by atoms with E-state index < -0.39 is 12.6 Å². The van der Waals surface area contributed by atoms with Gasteiger partial charge in [0.1, 0.15) is 11.6 Å². The molecule has 0 spiro atoms. The van der Waals surface area contributed by atoms with Crippen LogP contribution in [0.4, 0.5) is 8.78 Å². The maximum atomic E-state index is 15.0. The Kier molecular flexibility index (Phi) is 11.0. The summed E-state index contributed by atoms with van der Waals surface area (Å²) < 4.78 is 58.8. The summed E-state index contributed by atoms with van der Waals surface area (Å²) in [6.45, 7) is 10.6. The van der Waals surface area contributed by atoms with Gasteiger partial charge in [0.05, 0.1) is 39.6 Å². The molecule has 47 heavy (non-hydrogen) atoms. The van der Waals surface area contributed by atoms with E-state index in [1.54, 1.807) is 24.3 Å². The van der Waals surface area contributed by atoms with Crippen molar-refractivity contribution in [3.05, 3.63) is 144 Å². The summed E-state index contributed by atoms with van der Waals surface area (Å²) in [5, 5.41) is 0. The second-order valence-electron chi connectivity index (χ2n) is 12.0. The van der Waals surface area contributed by atoms with Crippen LogP contribution in [0, 0.1) is 23.5 Å². The fraction of sp³-hybridized carbons (Fsp3) is 0.300. The van der Waals surface area contributed by atoms with Crippen molar-refractivity contribution in [3.63, 3.8) is 0 Å². The maximum Gasteiger partial charge on any atom is 0.183 e. The van der Waals surface area contributed by atoms with E-state index in [-0.39, 0.29) is 23.5 Å². The van der Waals surface area contributed by atoms with E-state index in [1.165, 1.54) is 0 Å². The molecule has 0 amide bonds. The van der Waals surface area contributed by atoms with E-state index in [1.807, 2.05) is 72.8 Å². The Balaban J connectivity index is 0.950. The van der Waals surface area contributed by atoms with Gasteiger partial charge in [0.15, 0.2) is 12.6 Å². The van der Waals surface area contributed by atoms with E-state index in [2.05, 4.69) is 13.2 Å². The first-order chi connectivity index (χ1) is 23.0. The van der Waals surface area contributed by atoms with Crippen molar-refractivity contribution in [2.75, 3.05) is 39.6 Å². The zero-order valence-electron chi connectivity index (χ0n) is 26.4. The molecule has 2 aliphatic rings. The molecule has 2 heterocycles. The summed E-state index contributed by atoms with van der Waals surface area (Å²) in [6, 6.07) is 26.1. The highest BCUT2D eigenvalue weighted by Crippen LogP contribution is 2.30. The zero-order chi connectivity index (χ0) is 32.6. The molecule has 4 aromatic rings. The van der Waals surface area contributed by atoms with Crippen molar-refractivity contribution in [1.29, 1.82) is 0 Å². The molecule has 2 aliphatic heterocycles. The largest absolute Gasteiger partial charge is 0.381 e. The molecule has 244 valence electrons.